The summed E-state index contributed by atoms with van der Waals surface area (Å²) in [5.74, 6) is -0.413. The molecule has 5 N–H and O–H groups in total. The number of aromatic nitrogens is 5. The van der Waals surface area contributed by atoms with Crippen LogP contribution in [0.2, 0.25) is 0 Å². The second-order valence-electron chi connectivity index (χ2n) is 10.7. The second-order valence-corrected chi connectivity index (χ2v) is 10.7. The minimum Gasteiger partial charge on any atom is -0.330 e. The van der Waals surface area contributed by atoms with Gasteiger partial charge in [-0.05, 0) is 91.2 Å². The molecular weight excluding hydrogens is 597 g/mol. The molecule has 0 aliphatic heterocycles. The van der Waals surface area contributed by atoms with Crippen molar-refractivity contribution in [3.63, 3.8) is 0 Å². The number of amides is 2. The first-order valence-corrected chi connectivity index (χ1v) is 13.9. The van der Waals surface area contributed by atoms with Crippen molar-refractivity contribution in [2.24, 2.45) is 23.3 Å². The molecule has 4 aromatic rings. The smallest absolute Gasteiger partial charge is 0.330 e. The number of hydrogen-bond acceptors (Lipinski definition) is 8. The zero-order valence-electron chi connectivity index (χ0n) is 23.6. The molecular formula is C30H32ClF3N8O2. The number of rotatable bonds is 8. The highest BCUT2D eigenvalue weighted by Gasteiger charge is 2.35. The monoisotopic (exact) mass is 628 g/mol. The predicted molar refractivity (Wildman–Crippen MR) is 160 cm³/mol. The average molecular weight is 629 g/mol. The number of benzene rings is 2. The maximum atomic E-state index is 13.8. The van der Waals surface area contributed by atoms with Crippen LogP contribution in [0.5, 0.6) is 0 Å². The highest BCUT2D eigenvalue weighted by molar-refractivity contribution is 6.17. The molecule has 232 valence electrons. The molecule has 5 rings (SSSR count). The van der Waals surface area contributed by atoms with E-state index >= 15 is 0 Å². The Morgan fingerprint density at radius 3 is 2.11 bits per heavy atom. The minimum absolute atomic E-state index is 0. The van der Waals surface area contributed by atoms with Gasteiger partial charge in [-0.25, -0.2) is 4.90 Å². The summed E-state index contributed by atoms with van der Waals surface area (Å²) in [6, 6.07) is 15.0. The van der Waals surface area contributed by atoms with Crippen LogP contribution < -0.4 is 16.4 Å². The molecule has 0 unspecified atom stereocenters. The Balaban J connectivity index is 0.00000442. The van der Waals surface area contributed by atoms with Crippen molar-refractivity contribution in [1.82, 2.24) is 25.6 Å². The number of nitrogens with two attached hydrogens (primary N) is 2. The number of nitrogens with zero attached hydrogens (tertiary/aromatic N) is 5. The number of carbonyl (C=O) groups is 2. The Labute approximate surface area is 257 Å². The van der Waals surface area contributed by atoms with Crippen molar-refractivity contribution >= 4 is 29.9 Å². The molecule has 0 radical (unpaired) electrons. The fraction of sp³-hybridized carbons (Fsp3) is 0.333. The van der Waals surface area contributed by atoms with Gasteiger partial charge in [0.1, 0.15) is 5.69 Å². The van der Waals surface area contributed by atoms with Gasteiger partial charge in [-0.3, -0.25) is 14.6 Å². The lowest BCUT2D eigenvalue weighted by molar-refractivity contribution is -0.141. The Kier molecular flexibility index (Phi) is 10.4. The molecule has 1 aliphatic rings. The summed E-state index contributed by atoms with van der Waals surface area (Å²) in [5.41, 5.74) is 14.2. The van der Waals surface area contributed by atoms with Crippen LogP contribution in [0.1, 0.15) is 36.9 Å². The standard InChI is InChI=1S/C30H31F3N8O2.ClH/c31-30(32,33)26-14-11-23(17-36-26)20-5-1-18(2-6-20)15-25(35)29(43)41(28(42)22-7-3-19(16-34)4-8-22)24-12-9-21(10-13-24)27-37-39-40-38-27;/h1-2,5-6,9-14,17,19,22,25H,3-4,7-8,15-16,34-35H2,(H,37,38,39,40);1H/t19?,22?,25-;/m0./s1. The normalized spacial score (nSPS) is 17.4. The summed E-state index contributed by atoms with van der Waals surface area (Å²) in [6.45, 7) is 0.570. The fourth-order valence-electron chi connectivity index (χ4n) is 5.31. The quantitative estimate of drug-likeness (QED) is 0.256. The third kappa shape index (κ3) is 7.47. The van der Waals surface area contributed by atoms with Gasteiger partial charge in [0.15, 0.2) is 0 Å². The van der Waals surface area contributed by atoms with Crippen LogP contribution in [-0.4, -0.2) is 50.0 Å². The van der Waals surface area contributed by atoms with E-state index in [9.17, 15) is 22.8 Å². The molecule has 44 heavy (non-hydrogen) atoms. The van der Waals surface area contributed by atoms with Crippen molar-refractivity contribution in [3.8, 4) is 22.5 Å². The molecule has 0 bridgehead atoms. The molecule has 2 aromatic carbocycles. The van der Waals surface area contributed by atoms with Gasteiger partial charge in [-0.1, -0.05) is 30.3 Å². The van der Waals surface area contributed by atoms with Gasteiger partial charge in [0, 0.05) is 23.2 Å². The average Bonchev–Trinajstić information content (AvgIpc) is 3.57. The van der Waals surface area contributed by atoms with Crippen LogP contribution >= 0.6 is 12.4 Å². The molecule has 1 aliphatic carbocycles. The van der Waals surface area contributed by atoms with Gasteiger partial charge < -0.3 is 11.5 Å². The molecule has 10 nitrogen and oxygen atoms in total. The maximum absolute atomic E-state index is 13.8. The van der Waals surface area contributed by atoms with E-state index in [1.807, 2.05) is 0 Å². The zero-order valence-corrected chi connectivity index (χ0v) is 24.4. The lowest BCUT2D eigenvalue weighted by Crippen LogP contribution is -2.50. The summed E-state index contributed by atoms with van der Waals surface area (Å²) in [5, 5.41) is 13.9. The maximum Gasteiger partial charge on any atom is 0.433 e. The van der Waals surface area contributed by atoms with Gasteiger partial charge in [0.2, 0.25) is 11.7 Å². The number of alkyl halides is 3. The number of tetrazole rings is 1. The number of aromatic amines is 1. The molecule has 2 heterocycles. The lowest BCUT2D eigenvalue weighted by atomic mass is 9.81. The Hall–Kier alpha value is -4.20. The van der Waals surface area contributed by atoms with E-state index in [4.69, 9.17) is 11.5 Å². The van der Waals surface area contributed by atoms with Crippen molar-refractivity contribution in [3.05, 3.63) is 78.1 Å². The molecule has 0 spiro atoms. The Morgan fingerprint density at radius 1 is 0.932 bits per heavy atom. The number of pyridine rings is 1. The van der Waals surface area contributed by atoms with Gasteiger partial charge in [-0.2, -0.15) is 18.4 Å². The van der Waals surface area contributed by atoms with E-state index in [0.29, 0.717) is 53.5 Å². The third-order valence-electron chi connectivity index (χ3n) is 7.81. The first-order valence-electron chi connectivity index (χ1n) is 13.9. The fourth-order valence-corrected chi connectivity index (χ4v) is 5.31. The molecule has 14 heteroatoms. The van der Waals surface area contributed by atoms with Crippen LogP contribution in [-0.2, 0) is 22.2 Å². The van der Waals surface area contributed by atoms with Gasteiger partial charge in [0.25, 0.3) is 5.91 Å². The zero-order chi connectivity index (χ0) is 30.6. The molecule has 1 fully saturated rings. The summed E-state index contributed by atoms with van der Waals surface area (Å²) in [4.78, 5) is 32.3. The van der Waals surface area contributed by atoms with Crippen molar-refractivity contribution < 1.29 is 22.8 Å². The molecule has 2 aromatic heterocycles. The van der Waals surface area contributed by atoms with Crippen LogP contribution in [0.4, 0.5) is 18.9 Å². The molecule has 2 amide bonds. The number of hydrogen-bond donors (Lipinski definition) is 3. The number of imide groups is 1. The second kappa shape index (κ2) is 14.1. The molecule has 0 saturated heterocycles. The third-order valence-corrected chi connectivity index (χ3v) is 7.81. The van der Waals surface area contributed by atoms with E-state index in [-0.39, 0.29) is 30.7 Å². The number of H-pyrrole nitrogens is 1. The van der Waals surface area contributed by atoms with Crippen LogP contribution in [0.15, 0.2) is 66.9 Å². The topological polar surface area (TPSA) is 157 Å². The van der Waals surface area contributed by atoms with E-state index < -0.39 is 23.8 Å². The van der Waals surface area contributed by atoms with E-state index in [0.717, 1.165) is 24.5 Å². The first-order chi connectivity index (χ1) is 20.6. The van der Waals surface area contributed by atoms with Crippen LogP contribution in [0.3, 0.4) is 0 Å². The number of halogens is 4. The van der Waals surface area contributed by atoms with Gasteiger partial charge >= 0.3 is 6.18 Å². The highest BCUT2D eigenvalue weighted by Crippen LogP contribution is 2.32. The molecule has 1 atom stereocenters. The van der Waals surface area contributed by atoms with E-state index in [1.54, 1.807) is 48.5 Å². The first kappa shape index (κ1) is 32.7. The number of anilines is 1. The van der Waals surface area contributed by atoms with Crippen LogP contribution in [0.25, 0.3) is 22.5 Å². The highest BCUT2D eigenvalue weighted by atomic mass is 35.5. The van der Waals surface area contributed by atoms with Gasteiger partial charge in [0.05, 0.1) is 11.7 Å². The number of carbonyl (C=O) groups excluding carboxylic acids is 2. The lowest BCUT2D eigenvalue weighted by Gasteiger charge is -2.32. The summed E-state index contributed by atoms with van der Waals surface area (Å²) in [6.07, 6.45) is -0.282. The summed E-state index contributed by atoms with van der Waals surface area (Å²) >= 11 is 0. The van der Waals surface area contributed by atoms with Crippen molar-refractivity contribution in [1.29, 1.82) is 0 Å². The van der Waals surface area contributed by atoms with Gasteiger partial charge in [-0.15, -0.1) is 22.6 Å². The minimum atomic E-state index is -4.51. The van der Waals surface area contributed by atoms with E-state index in [1.165, 1.54) is 17.2 Å². The SMILES string of the molecule is Cl.NCC1CCC(C(=O)N(C(=O)[C@@H](N)Cc2ccc(-c3ccc(C(F)(F)F)nc3)cc2)c2ccc(-c3nn[nH]n3)cc2)CC1. The Bertz CT molecular complexity index is 1520. The predicted octanol–water partition coefficient (Wildman–Crippen LogP) is 4.56. The Morgan fingerprint density at radius 2 is 1.57 bits per heavy atom. The van der Waals surface area contributed by atoms with Crippen LogP contribution in [0, 0.1) is 11.8 Å². The largest absolute Gasteiger partial charge is 0.433 e. The molecule has 1 saturated carbocycles. The van der Waals surface area contributed by atoms with Crippen molar-refractivity contribution in [2.75, 3.05) is 11.4 Å². The van der Waals surface area contributed by atoms with Crippen molar-refractivity contribution in [2.45, 2.75) is 44.3 Å². The number of nitrogens with one attached hydrogen (secondary N) is 1. The summed E-state index contributed by atoms with van der Waals surface area (Å²) in [7, 11) is 0. The van der Waals surface area contributed by atoms with E-state index in [2.05, 4.69) is 25.6 Å². The summed E-state index contributed by atoms with van der Waals surface area (Å²) < 4.78 is 38.5.